The van der Waals surface area contributed by atoms with E-state index in [1.165, 1.54) is 7.11 Å². The van der Waals surface area contributed by atoms with E-state index in [-0.39, 0.29) is 18.4 Å². The maximum absolute atomic E-state index is 11.9. The second-order valence-electron chi connectivity index (χ2n) is 5.11. The Bertz CT molecular complexity index is 566. The van der Waals surface area contributed by atoms with Crippen molar-refractivity contribution >= 4 is 17.8 Å². The molecule has 1 rings (SSSR count). The van der Waals surface area contributed by atoms with Crippen molar-refractivity contribution in [2.24, 2.45) is 5.92 Å². The summed E-state index contributed by atoms with van der Waals surface area (Å²) >= 11 is 0. The van der Waals surface area contributed by atoms with Crippen LogP contribution in [0.3, 0.4) is 0 Å². The zero-order chi connectivity index (χ0) is 17.2. The summed E-state index contributed by atoms with van der Waals surface area (Å²) in [4.78, 5) is 34.4. The highest BCUT2D eigenvalue weighted by Gasteiger charge is 2.18. The Morgan fingerprint density at radius 2 is 1.70 bits per heavy atom. The maximum Gasteiger partial charge on any atom is 0.331 e. The quantitative estimate of drug-likeness (QED) is 0.612. The lowest BCUT2D eigenvalue weighted by Crippen LogP contribution is -2.34. The van der Waals surface area contributed by atoms with Crippen LogP contribution in [0, 0.1) is 5.92 Å². The van der Waals surface area contributed by atoms with Gasteiger partial charge in [0.25, 0.3) is 0 Å². The van der Waals surface area contributed by atoms with Crippen LogP contribution in [0.4, 0.5) is 0 Å². The number of benzene rings is 1. The van der Waals surface area contributed by atoms with Gasteiger partial charge in [0.15, 0.2) is 0 Å². The lowest BCUT2D eigenvalue weighted by Gasteiger charge is -2.20. The monoisotopic (exact) mass is 319 g/mol. The van der Waals surface area contributed by atoms with E-state index in [1.54, 1.807) is 13.8 Å². The Balaban J connectivity index is 2.70. The molecule has 1 aromatic rings. The van der Waals surface area contributed by atoms with Crippen LogP contribution < -0.4 is 5.32 Å². The average molecular weight is 319 g/mol. The van der Waals surface area contributed by atoms with Gasteiger partial charge in [-0.1, -0.05) is 44.2 Å². The van der Waals surface area contributed by atoms with Gasteiger partial charge in [0.2, 0.25) is 5.91 Å². The molecule has 6 nitrogen and oxygen atoms in total. The predicted molar refractivity (Wildman–Crippen MR) is 84.3 cm³/mol. The second-order valence-corrected chi connectivity index (χ2v) is 5.11. The highest BCUT2D eigenvalue weighted by atomic mass is 16.5. The van der Waals surface area contributed by atoms with Gasteiger partial charge >= 0.3 is 11.9 Å². The number of rotatable bonds is 7. The summed E-state index contributed by atoms with van der Waals surface area (Å²) in [5.74, 6) is -1.65. The summed E-state index contributed by atoms with van der Waals surface area (Å²) in [5, 5.41) is 2.83. The van der Waals surface area contributed by atoms with E-state index in [0.717, 1.165) is 17.7 Å². The fourth-order valence-corrected chi connectivity index (χ4v) is 1.66. The Morgan fingerprint density at radius 1 is 1.09 bits per heavy atom. The van der Waals surface area contributed by atoms with Crippen molar-refractivity contribution in [3.63, 3.8) is 0 Å². The third kappa shape index (κ3) is 6.78. The van der Waals surface area contributed by atoms with E-state index in [1.807, 2.05) is 30.3 Å². The molecule has 0 bridgehead atoms. The van der Waals surface area contributed by atoms with Crippen molar-refractivity contribution in [1.82, 2.24) is 5.32 Å². The highest BCUT2D eigenvalue weighted by Crippen LogP contribution is 2.14. The summed E-state index contributed by atoms with van der Waals surface area (Å²) in [7, 11) is 1.21. The number of carbonyl (C=O) groups is 3. The molecule has 0 saturated carbocycles. The molecule has 0 spiro atoms. The molecule has 0 aromatic heterocycles. The number of amides is 1. The number of methoxy groups -OCH3 is 1. The first-order valence-corrected chi connectivity index (χ1v) is 7.22. The summed E-state index contributed by atoms with van der Waals surface area (Å²) < 4.78 is 9.47. The molecule has 0 saturated heterocycles. The fraction of sp³-hybridized carbons (Fsp3) is 0.353. The van der Waals surface area contributed by atoms with Crippen LogP contribution in [0.5, 0.6) is 0 Å². The highest BCUT2D eigenvalue weighted by molar-refractivity contribution is 5.91. The van der Waals surface area contributed by atoms with Crippen LogP contribution in [0.25, 0.3) is 0 Å². The summed E-state index contributed by atoms with van der Waals surface area (Å²) in [6, 6.07) is 8.75. The number of esters is 2. The third-order valence-electron chi connectivity index (χ3n) is 2.99. The molecular weight excluding hydrogens is 298 g/mol. The molecule has 0 aliphatic heterocycles. The van der Waals surface area contributed by atoms with Gasteiger partial charge in [-0.15, -0.1) is 0 Å². The average Bonchev–Trinajstić information content (AvgIpc) is 2.56. The van der Waals surface area contributed by atoms with Gasteiger partial charge in [-0.25, -0.2) is 9.59 Å². The van der Waals surface area contributed by atoms with Gasteiger partial charge in [-0.2, -0.15) is 0 Å². The fourth-order valence-electron chi connectivity index (χ4n) is 1.66. The van der Waals surface area contributed by atoms with Crippen molar-refractivity contribution in [1.29, 1.82) is 0 Å². The molecular formula is C17H21NO5. The molecule has 1 amide bonds. The van der Waals surface area contributed by atoms with Gasteiger partial charge in [-0.05, 0) is 5.56 Å². The van der Waals surface area contributed by atoms with E-state index in [0.29, 0.717) is 0 Å². The van der Waals surface area contributed by atoms with E-state index in [9.17, 15) is 14.4 Å². The van der Waals surface area contributed by atoms with Crippen molar-refractivity contribution in [3.8, 4) is 0 Å². The molecule has 124 valence electrons. The van der Waals surface area contributed by atoms with Crippen LogP contribution in [0.2, 0.25) is 0 Å². The molecule has 6 heteroatoms. The molecule has 0 fully saturated rings. The predicted octanol–water partition coefficient (Wildman–Crippen LogP) is 1.77. The Morgan fingerprint density at radius 3 is 2.26 bits per heavy atom. The number of ether oxygens (including phenoxy) is 2. The summed E-state index contributed by atoms with van der Waals surface area (Å²) in [5.41, 5.74) is 0.825. The van der Waals surface area contributed by atoms with Crippen molar-refractivity contribution < 1.29 is 23.9 Å². The topological polar surface area (TPSA) is 81.7 Å². The first-order chi connectivity index (χ1) is 10.9. The van der Waals surface area contributed by atoms with Gasteiger partial charge < -0.3 is 14.8 Å². The van der Waals surface area contributed by atoms with Crippen LogP contribution in [-0.4, -0.2) is 31.6 Å². The largest absolute Gasteiger partial charge is 0.466 e. The van der Waals surface area contributed by atoms with E-state index in [4.69, 9.17) is 4.74 Å². The molecule has 23 heavy (non-hydrogen) atoms. The molecule has 0 aliphatic carbocycles. The number of hydrogen-bond donors (Lipinski definition) is 1. The Kier molecular flexibility index (Phi) is 7.53. The van der Waals surface area contributed by atoms with E-state index in [2.05, 4.69) is 10.1 Å². The molecule has 1 unspecified atom stereocenters. The molecule has 1 aromatic carbocycles. The van der Waals surface area contributed by atoms with Crippen LogP contribution in [-0.2, 0) is 23.9 Å². The van der Waals surface area contributed by atoms with Crippen LogP contribution in [0.1, 0.15) is 25.5 Å². The lowest BCUT2D eigenvalue weighted by molar-refractivity contribution is -0.140. The first kappa shape index (κ1) is 18.4. The number of carbonyl (C=O) groups excluding carboxylic acids is 3. The zero-order valence-corrected chi connectivity index (χ0v) is 13.4. The minimum Gasteiger partial charge on any atom is -0.466 e. The number of hydrogen-bond acceptors (Lipinski definition) is 5. The van der Waals surface area contributed by atoms with Crippen LogP contribution in [0.15, 0.2) is 42.5 Å². The van der Waals surface area contributed by atoms with Gasteiger partial charge in [0.05, 0.1) is 13.2 Å². The minimum atomic E-state index is -0.685. The lowest BCUT2D eigenvalue weighted by atomic mass is 10.1. The molecule has 1 atom stereocenters. The Hall–Kier alpha value is -2.63. The summed E-state index contributed by atoms with van der Waals surface area (Å²) in [6.45, 7) is 3.53. The first-order valence-electron chi connectivity index (χ1n) is 7.22. The maximum atomic E-state index is 11.9. The van der Waals surface area contributed by atoms with Gasteiger partial charge in [-0.3, -0.25) is 4.79 Å². The van der Waals surface area contributed by atoms with Gasteiger partial charge in [0, 0.05) is 18.1 Å². The Labute approximate surface area is 135 Å². The van der Waals surface area contributed by atoms with Crippen molar-refractivity contribution in [2.75, 3.05) is 13.7 Å². The third-order valence-corrected chi connectivity index (χ3v) is 2.99. The normalized spacial score (nSPS) is 12.0. The SMILES string of the molecule is COC(=O)/C=C/C(=O)OCC(NC(=O)C(C)C)c1ccccc1. The standard InChI is InChI=1S/C17H21NO5/c1-12(2)17(21)18-14(13-7-5-4-6-8-13)11-23-16(20)10-9-15(19)22-3/h4-10,12,14H,11H2,1-3H3,(H,18,21)/b10-9+. The molecule has 0 heterocycles. The van der Waals surface area contributed by atoms with Crippen molar-refractivity contribution in [2.45, 2.75) is 19.9 Å². The molecule has 0 aliphatic rings. The van der Waals surface area contributed by atoms with E-state index < -0.39 is 18.0 Å². The zero-order valence-electron chi connectivity index (χ0n) is 13.4. The van der Waals surface area contributed by atoms with Crippen molar-refractivity contribution in [3.05, 3.63) is 48.0 Å². The van der Waals surface area contributed by atoms with Gasteiger partial charge in [0.1, 0.15) is 6.61 Å². The number of nitrogens with one attached hydrogen (secondary N) is 1. The molecule has 1 N–H and O–H groups in total. The minimum absolute atomic E-state index is 0.0349. The van der Waals surface area contributed by atoms with Crippen LogP contribution >= 0.6 is 0 Å². The smallest absolute Gasteiger partial charge is 0.331 e. The molecule has 0 radical (unpaired) electrons. The summed E-state index contributed by atoms with van der Waals surface area (Å²) in [6.07, 6.45) is 1.96. The second kappa shape index (κ2) is 9.40. The van der Waals surface area contributed by atoms with E-state index >= 15 is 0 Å².